The van der Waals surface area contributed by atoms with Gasteiger partial charge < -0.3 is 22.3 Å². The number of hydrogen-bond acceptors (Lipinski definition) is 0. The van der Waals surface area contributed by atoms with Gasteiger partial charge in [0.15, 0.2) is 0 Å². The lowest BCUT2D eigenvalue weighted by atomic mass is 10.3. The first-order valence-electron chi connectivity index (χ1n) is 2.98. The molecule has 0 aromatic heterocycles. The summed E-state index contributed by atoms with van der Waals surface area (Å²) >= 11 is 0. The van der Waals surface area contributed by atoms with Gasteiger partial charge >= 0.3 is 0 Å². The lowest BCUT2D eigenvalue weighted by Crippen LogP contribution is -3.00. The second kappa shape index (κ2) is 9.21. The van der Waals surface area contributed by atoms with Crippen molar-refractivity contribution in [3.05, 3.63) is 0 Å². The molecule has 9 heavy (non-hydrogen) atoms. The van der Waals surface area contributed by atoms with Crippen LogP contribution in [0.25, 0.3) is 0 Å². The molecule has 0 heterocycles. The summed E-state index contributed by atoms with van der Waals surface area (Å²) in [4.78, 5) is 0. The molecule has 0 aromatic rings. The lowest BCUT2D eigenvalue weighted by Gasteiger charge is -2.06. The maximum Gasteiger partial charge on any atom is 0.0803 e. The molecule has 2 radical (unpaired) electrons. The number of nitrogens with two attached hydrogens (primary N) is 1. The number of hydrogen-bond donors (Lipinski definition) is 1. The van der Waals surface area contributed by atoms with Crippen molar-refractivity contribution in [2.45, 2.75) is 39.8 Å². The first-order valence-corrected chi connectivity index (χ1v) is 2.98. The molecular weight excluding hydrogens is 190 g/mol. The Hall–Kier alpha value is 1.21. The third-order valence-corrected chi connectivity index (χ3v) is 0.770. The lowest BCUT2D eigenvalue weighted by molar-refractivity contribution is -0.709. The van der Waals surface area contributed by atoms with Crippen LogP contribution < -0.4 is 22.3 Å². The summed E-state index contributed by atoms with van der Waals surface area (Å²) in [5.41, 5.74) is 0. The van der Waals surface area contributed by atoms with E-state index in [9.17, 15) is 0 Å². The van der Waals surface area contributed by atoms with Crippen LogP contribution in [0.2, 0.25) is 0 Å². The Morgan fingerprint density at radius 3 is 1.11 bits per heavy atom. The molecule has 0 saturated heterocycles. The fourth-order valence-corrected chi connectivity index (χ4v) is 0.770. The van der Waals surface area contributed by atoms with E-state index in [0.717, 1.165) is 12.1 Å². The van der Waals surface area contributed by atoms with Crippen LogP contribution in [0.3, 0.4) is 0 Å². The maximum absolute atomic E-state index is 2.33. The molecule has 0 unspecified atom stereocenters. The Kier molecular flexibility index (Phi) is 17.0. The van der Waals surface area contributed by atoms with Crippen LogP contribution in [-0.2, 0) is 0 Å². The molecule has 0 aliphatic heterocycles. The molecule has 2 N–H and O–H groups in total. The third kappa shape index (κ3) is 17.6. The SMILES string of the molecule is CC(C)[NH2+]C(C)C.[Br-].[Mg]. The van der Waals surface area contributed by atoms with Crippen molar-refractivity contribution in [1.82, 2.24) is 0 Å². The van der Waals surface area contributed by atoms with Gasteiger partial charge in [-0.15, -0.1) is 0 Å². The van der Waals surface area contributed by atoms with Gasteiger partial charge in [-0.2, -0.15) is 0 Å². The van der Waals surface area contributed by atoms with Crippen LogP contribution in [0.5, 0.6) is 0 Å². The summed E-state index contributed by atoms with van der Waals surface area (Å²) < 4.78 is 0. The van der Waals surface area contributed by atoms with Gasteiger partial charge in [-0.3, -0.25) is 0 Å². The summed E-state index contributed by atoms with van der Waals surface area (Å²) in [5.74, 6) is 0. The molecule has 0 aliphatic carbocycles. The van der Waals surface area contributed by atoms with Crippen molar-refractivity contribution in [3.63, 3.8) is 0 Å². The van der Waals surface area contributed by atoms with Gasteiger partial charge in [0.1, 0.15) is 0 Å². The molecule has 1 nitrogen and oxygen atoms in total. The summed E-state index contributed by atoms with van der Waals surface area (Å²) in [6.45, 7) is 8.83. The van der Waals surface area contributed by atoms with Crippen LogP contribution in [0.4, 0.5) is 0 Å². The number of quaternary nitrogens is 1. The second-order valence-corrected chi connectivity index (χ2v) is 2.68. The molecule has 0 spiro atoms. The van der Waals surface area contributed by atoms with Crippen molar-refractivity contribution in [2.24, 2.45) is 0 Å². The van der Waals surface area contributed by atoms with Gasteiger partial charge in [-0.25, -0.2) is 0 Å². The quantitative estimate of drug-likeness (QED) is 0.464. The number of rotatable bonds is 2. The molecule has 0 fully saturated rings. The summed E-state index contributed by atoms with van der Waals surface area (Å²) in [6, 6.07) is 1.50. The Morgan fingerprint density at radius 1 is 0.889 bits per heavy atom. The molecule has 0 aliphatic rings. The Bertz CT molecular complexity index is 42.3. The molecule has 3 heteroatoms. The summed E-state index contributed by atoms with van der Waals surface area (Å²) in [7, 11) is 0. The monoisotopic (exact) mass is 205 g/mol. The highest BCUT2D eigenvalue weighted by atomic mass is 79.9. The van der Waals surface area contributed by atoms with E-state index in [2.05, 4.69) is 33.0 Å². The average Bonchev–Trinajstić information content (AvgIpc) is 1.27. The van der Waals surface area contributed by atoms with E-state index >= 15 is 0 Å². The van der Waals surface area contributed by atoms with E-state index < -0.39 is 0 Å². The predicted octanol–water partition coefficient (Wildman–Crippen LogP) is -3.01. The molecule has 0 atom stereocenters. The molecule has 0 rings (SSSR count). The average molecular weight is 206 g/mol. The van der Waals surface area contributed by atoms with Crippen molar-refractivity contribution in [3.8, 4) is 0 Å². The van der Waals surface area contributed by atoms with E-state index in [1.54, 1.807) is 0 Å². The molecule has 0 saturated carbocycles. The van der Waals surface area contributed by atoms with Crippen molar-refractivity contribution in [1.29, 1.82) is 0 Å². The second-order valence-electron chi connectivity index (χ2n) is 2.68. The zero-order chi connectivity index (χ0) is 5.86. The Morgan fingerprint density at radius 2 is 1.11 bits per heavy atom. The first-order chi connectivity index (χ1) is 3.13. The topological polar surface area (TPSA) is 16.6 Å². The molecule has 0 amide bonds. The van der Waals surface area contributed by atoms with Gasteiger partial charge in [-0.05, 0) is 27.7 Å². The van der Waals surface area contributed by atoms with Crippen LogP contribution in [-0.4, -0.2) is 35.1 Å². The zero-order valence-corrected chi connectivity index (χ0v) is 9.82. The summed E-state index contributed by atoms with van der Waals surface area (Å²) in [5, 5.41) is 2.33. The van der Waals surface area contributed by atoms with Crippen molar-refractivity contribution >= 4 is 23.1 Å². The summed E-state index contributed by atoms with van der Waals surface area (Å²) in [6.07, 6.45) is 0. The molecule has 0 bridgehead atoms. The fraction of sp³-hybridized carbons (Fsp3) is 1.00. The van der Waals surface area contributed by atoms with Gasteiger partial charge in [0.05, 0.1) is 12.1 Å². The van der Waals surface area contributed by atoms with E-state index in [4.69, 9.17) is 0 Å². The highest BCUT2D eigenvalue weighted by Crippen LogP contribution is 1.67. The van der Waals surface area contributed by atoms with Crippen LogP contribution in [0.1, 0.15) is 27.7 Å². The molecular formula is C6H16BrMgN. The first kappa shape index (κ1) is 16.7. The van der Waals surface area contributed by atoms with Crippen LogP contribution in [0, 0.1) is 0 Å². The number of halogens is 1. The van der Waals surface area contributed by atoms with E-state index in [0.29, 0.717) is 0 Å². The minimum atomic E-state index is 0. The maximum atomic E-state index is 2.33. The largest absolute Gasteiger partial charge is 1.00 e. The smallest absolute Gasteiger partial charge is 0.0803 e. The zero-order valence-electron chi connectivity index (χ0n) is 6.82. The fourth-order valence-electron chi connectivity index (χ4n) is 0.770. The van der Waals surface area contributed by atoms with Crippen LogP contribution in [0.15, 0.2) is 0 Å². The molecule has 54 valence electrons. The minimum Gasteiger partial charge on any atom is -1.00 e. The van der Waals surface area contributed by atoms with Crippen LogP contribution >= 0.6 is 0 Å². The van der Waals surface area contributed by atoms with Gasteiger partial charge in [0.2, 0.25) is 0 Å². The van der Waals surface area contributed by atoms with Crippen molar-refractivity contribution in [2.75, 3.05) is 0 Å². The molecule has 0 aromatic carbocycles. The highest BCUT2D eigenvalue weighted by molar-refractivity contribution is 5.75. The van der Waals surface area contributed by atoms with Gasteiger partial charge in [0, 0.05) is 23.1 Å². The van der Waals surface area contributed by atoms with E-state index in [-0.39, 0.29) is 40.0 Å². The standard InChI is InChI=1S/C6H15N.BrH.Mg/c1-5(2)7-6(3)4;;/h5-7H,1-4H3;1H;. The Labute approximate surface area is 84.9 Å². The Balaban J connectivity index is -0.000000180. The van der Waals surface area contributed by atoms with E-state index in [1.807, 2.05) is 0 Å². The highest BCUT2D eigenvalue weighted by Gasteiger charge is 1.96. The van der Waals surface area contributed by atoms with E-state index in [1.165, 1.54) is 0 Å². The van der Waals surface area contributed by atoms with Crippen molar-refractivity contribution < 1.29 is 22.3 Å². The minimum absolute atomic E-state index is 0. The third-order valence-electron chi connectivity index (χ3n) is 0.770. The van der Waals surface area contributed by atoms with Gasteiger partial charge in [0.25, 0.3) is 0 Å². The predicted molar refractivity (Wildman–Crippen MR) is 38.0 cm³/mol. The van der Waals surface area contributed by atoms with Gasteiger partial charge in [-0.1, -0.05) is 0 Å². The normalized spacial score (nSPS) is 8.67.